The lowest BCUT2D eigenvalue weighted by Crippen LogP contribution is -2.38. The lowest BCUT2D eigenvalue weighted by molar-refractivity contribution is 0.573. The van der Waals surface area contributed by atoms with Crippen LogP contribution in [0.3, 0.4) is 0 Å². The highest BCUT2D eigenvalue weighted by molar-refractivity contribution is 5.92. The van der Waals surface area contributed by atoms with Crippen molar-refractivity contribution in [1.82, 2.24) is 0 Å². The molecule has 58 heavy (non-hydrogen) atoms. The minimum absolute atomic E-state index is 0.135. The fourth-order valence-electron chi connectivity index (χ4n) is 11.3. The van der Waals surface area contributed by atoms with E-state index in [4.69, 9.17) is 0 Å². The van der Waals surface area contributed by atoms with Crippen LogP contribution in [0.2, 0.25) is 0 Å². The topological polar surface area (TPSA) is 3.24 Å². The zero-order valence-corrected chi connectivity index (χ0v) is 33.6. The van der Waals surface area contributed by atoms with Gasteiger partial charge in [-0.15, -0.1) is 0 Å². The van der Waals surface area contributed by atoms with Crippen LogP contribution >= 0.6 is 0 Å². The smallest absolute Gasteiger partial charge is 0.0715 e. The molecule has 0 heterocycles. The molecule has 1 spiro atoms. The molecule has 1 heteroatoms. The first kappa shape index (κ1) is 35.0. The average molecular weight is 748 g/mol. The van der Waals surface area contributed by atoms with Gasteiger partial charge in [0.05, 0.1) is 11.5 Å². The van der Waals surface area contributed by atoms with Gasteiger partial charge >= 0.3 is 0 Å². The van der Waals surface area contributed by atoms with Gasteiger partial charge in [-0.2, -0.15) is 0 Å². The molecule has 0 saturated carbocycles. The van der Waals surface area contributed by atoms with Gasteiger partial charge in [0.2, 0.25) is 0 Å². The third-order valence-electron chi connectivity index (χ3n) is 13.9. The van der Waals surface area contributed by atoms with Gasteiger partial charge in [0.1, 0.15) is 0 Å². The summed E-state index contributed by atoms with van der Waals surface area (Å²) in [5, 5.41) is 0. The highest BCUT2D eigenvalue weighted by atomic mass is 15.2. The number of anilines is 2. The Morgan fingerprint density at radius 1 is 0.517 bits per heavy atom. The van der Waals surface area contributed by atoms with E-state index < -0.39 is 0 Å². The molecular weight excluding hydrogens is 699 g/mol. The molecule has 3 unspecified atom stereocenters. The van der Waals surface area contributed by atoms with E-state index in [0.29, 0.717) is 0 Å². The molecule has 0 saturated heterocycles. The number of fused-ring (bicyclic) bond motifs is 7. The van der Waals surface area contributed by atoms with E-state index in [-0.39, 0.29) is 17.4 Å². The van der Waals surface area contributed by atoms with Crippen LogP contribution in [0.25, 0.3) is 27.8 Å². The molecule has 0 aliphatic heterocycles. The van der Waals surface area contributed by atoms with Crippen molar-refractivity contribution < 1.29 is 0 Å². The quantitative estimate of drug-likeness (QED) is 0.167. The van der Waals surface area contributed by atoms with E-state index in [0.717, 1.165) is 38.5 Å². The second-order valence-electron chi connectivity index (χ2n) is 17.0. The Kier molecular flexibility index (Phi) is 8.47. The van der Waals surface area contributed by atoms with Gasteiger partial charge in [-0.05, 0) is 148 Å². The molecule has 0 N–H and O–H groups in total. The number of allylic oxidation sites excluding steroid dienone is 14. The predicted octanol–water partition coefficient (Wildman–Crippen LogP) is 14.8. The van der Waals surface area contributed by atoms with E-state index in [9.17, 15) is 0 Å². The van der Waals surface area contributed by atoms with Crippen LogP contribution in [0.1, 0.15) is 63.5 Å². The second kappa shape index (κ2) is 14.0. The SMILES string of the molecule is CC1=CC(N(c2ccc(-c3ccccc3)cc2)c2ccc(-c3ccccc3)cc2)C(C)C(C2=CC3=C(CC2)C2=C(C=CCC2)C32C3=C(CCC=C3)c3ccccc32)=C1. The molecule has 0 amide bonds. The zero-order chi connectivity index (χ0) is 38.8. The summed E-state index contributed by atoms with van der Waals surface area (Å²) in [6, 6.07) is 49.4. The van der Waals surface area contributed by atoms with Gasteiger partial charge in [0.25, 0.3) is 0 Å². The van der Waals surface area contributed by atoms with E-state index >= 15 is 0 Å². The van der Waals surface area contributed by atoms with E-state index in [1.54, 1.807) is 27.9 Å². The highest BCUT2D eigenvalue weighted by Gasteiger charge is 2.54. The Morgan fingerprint density at radius 2 is 1.05 bits per heavy atom. The number of benzene rings is 5. The zero-order valence-electron chi connectivity index (χ0n) is 33.6. The van der Waals surface area contributed by atoms with Crippen molar-refractivity contribution in [1.29, 1.82) is 0 Å². The summed E-state index contributed by atoms with van der Waals surface area (Å²) >= 11 is 0. The van der Waals surface area contributed by atoms with Gasteiger partial charge in [0.15, 0.2) is 0 Å². The van der Waals surface area contributed by atoms with E-state index in [1.165, 1.54) is 67.0 Å². The number of hydrogen-bond donors (Lipinski definition) is 0. The first-order chi connectivity index (χ1) is 28.6. The number of hydrogen-bond acceptors (Lipinski definition) is 1. The first-order valence-corrected chi connectivity index (χ1v) is 21.4. The van der Waals surface area contributed by atoms with Crippen molar-refractivity contribution in [3.63, 3.8) is 0 Å². The summed E-state index contributed by atoms with van der Waals surface area (Å²) in [7, 11) is 0. The fourth-order valence-corrected chi connectivity index (χ4v) is 11.3. The number of nitrogens with zero attached hydrogens (tertiary/aromatic N) is 1. The van der Waals surface area contributed by atoms with Gasteiger partial charge in [0, 0.05) is 17.3 Å². The maximum absolute atomic E-state index is 2.69. The Labute approximate surface area is 344 Å². The van der Waals surface area contributed by atoms with Gasteiger partial charge in [-0.25, -0.2) is 0 Å². The largest absolute Gasteiger partial charge is 0.334 e. The molecule has 3 atom stereocenters. The molecule has 0 aromatic heterocycles. The standard InChI is InChI=1S/C57H49N/c1-38-35-51(44-29-34-50-49-21-11-14-24-54(49)57(55(50)37-44)52-22-12-9-19-47(52)48-20-10-13-23-53(48)57)39(2)56(36-38)58(45-30-25-42(26-31-45)40-15-5-3-6-16-40)46-32-27-43(28-33-46)41-17-7-4-8-18-41/h3-9,12-19,22-28,30-33,35-37,39,56H,10-11,20-21,29,34H2,1-2H3. The van der Waals surface area contributed by atoms with E-state index in [1.807, 2.05) is 0 Å². The monoisotopic (exact) mass is 747 g/mol. The Balaban J connectivity index is 1.01. The minimum atomic E-state index is -0.216. The summed E-state index contributed by atoms with van der Waals surface area (Å²) in [4.78, 5) is 2.60. The number of rotatable bonds is 6. The van der Waals surface area contributed by atoms with Crippen LogP contribution in [0.15, 0.2) is 221 Å². The molecule has 6 aliphatic carbocycles. The van der Waals surface area contributed by atoms with Crippen molar-refractivity contribution in [3.05, 3.63) is 232 Å². The Morgan fingerprint density at radius 3 is 1.69 bits per heavy atom. The van der Waals surface area contributed by atoms with Crippen LogP contribution < -0.4 is 4.90 Å². The van der Waals surface area contributed by atoms with Crippen LogP contribution in [0, 0.1) is 5.92 Å². The van der Waals surface area contributed by atoms with Gasteiger partial charge in [-0.3, -0.25) is 0 Å². The van der Waals surface area contributed by atoms with Crippen LogP contribution in [-0.2, 0) is 5.41 Å². The fraction of sp³-hybridized carbons (Fsp3) is 0.193. The summed E-state index contributed by atoms with van der Waals surface area (Å²) in [5.41, 5.74) is 23.9. The first-order valence-electron chi connectivity index (χ1n) is 21.4. The molecule has 0 fully saturated rings. The predicted molar refractivity (Wildman–Crippen MR) is 244 cm³/mol. The molecule has 282 valence electrons. The second-order valence-corrected chi connectivity index (χ2v) is 17.0. The van der Waals surface area contributed by atoms with Crippen molar-refractivity contribution >= 4 is 16.9 Å². The van der Waals surface area contributed by atoms with Crippen molar-refractivity contribution in [2.75, 3.05) is 4.90 Å². The molecule has 6 aliphatic rings. The summed E-state index contributed by atoms with van der Waals surface area (Å²) in [6.07, 6.45) is 24.3. The summed E-state index contributed by atoms with van der Waals surface area (Å²) < 4.78 is 0. The lowest BCUT2D eigenvalue weighted by Gasteiger charge is -2.41. The van der Waals surface area contributed by atoms with Crippen LogP contribution in [0.4, 0.5) is 11.4 Å². The van der Waals surface area contributed by atoms with Gasteiger partial charge < -0.3 is 4.90 Å². The van der Waals surface area contributed by atoms with Crippen LogP contribution in [0.5, 0.6) is 0 Å². The maximum Gasteiger partial charge on any atom is 0.0715 e. The molecule has 5 aromatic rings. The van der Waals surface area contributed by atoms with Crippen molar-refractivity contribution in [2.24, 2.45) is 5.92 Å². The van der Waals surface area contributed by atoms with Crippen LogP contribution in [-0.4, -0.2) is 6.04 Å². The molecular formula is C57H49N. The Hall–Kier alpha value is -6.18. The Bertz CT molecular complexity index is 2620. The van der Waals surface area contributed by atoms with Crippen molar-refractivity contribution in [3.8, 4) is 22.3 Å². The summed E-state index contributed by atoms with van der Waals surface area (Å²) in [6.45, 7) is 4.78. The normalized spacial score (nSPS) is 23.0. The average Bonchev–Trinajstić information content (AvgIpc) is 3.76. The molecule has 5 aromatic carbocycles. The molecule has 0 bridgehead atoms. The maximum atomic E-state index is 2.69. The van der Waals surface area contributed by atoms with Gasteiger partial charge in [-0.1, -0.05) is 164 Å². The highest BCUT2D eigenvalue weighted by Crippen LogP contribution is 2.65. The molecule has 11 rings (SSSR count). The molecule has 1 nitrogen and oxygen atoms in total. The molecule has 0 radical (unpaired) electrons. The minimum Gasteiger partial charge on any atom is -0.334 e. The summed E-state index contributed by atoms with van der Waals surface area (Å²) in [5.74, 6) is 0.264. The van der Waals surface area contributed by atoms with E-state index in [2.05, 4.69) is 195 Å². The lowest BCUT2D eigenvalue weighted by atomic mass is 9.65. The third-order valence-corrected chi connectivity index (χ3v) is 13.9. The third kappa shape index (κ3) is 5.43. The van der Waals surface area contributed by atoms with Crippen molar-refractivity contribution in [2.45, 2.75) is 63.8 Å².